The van der Waals surface area contributed by atoms with E-state index in [2.05, 4.69) is 6.92 Å². The first-order valence-corrected chi connectivity index (χ1v) is 6.87. The first-order chi connectivity index (χ1) is 8.85. The summed E-state index contributed by atoms with van der Waals surface area (Å²) in [5.74, 6) is -1.01. The van der Waals surface area contributed by atoms with Crippen LogP contribution in [0.15, 0.2) is 12.2 Å². The smallest absolute Gasteiger partial charge is 0.331 e. The van der Waals surface area contributed by atoms with Gasteiger partial charge in [-0.2, -0.15) is 0 Å². The third kappa shape index (κ3) is 12.9. The number of carbonyl (C=O) groups is 2. The molecular formula is C15H26O4. The van der Waals surface area contributed by atoms with Gasteiger partial charge in [0.25, 0.3) is 0 Å². The van der Waals surface area contributed by atoms with E-state index >= 15 is 0 Å². The van der Waals surface area contributed by atoms with Crippen LogP contribution in [0.25, 0.3) is 0 Å². The molecule has 0 heterocycles. The van der Waals surface area contributed by atoms with Crippen LogP contribution in [-0.4, -0.2) is 25.2 Å². The standard InChI is InChI=1S/C15H26O4/c1-5-6-7-8-11-18-13(16)9-10-14(17)19-12-15(2,3)4/h9-10H,5-8,11-12H2,1-4H3/b10-9+. The Morgan fingerprint density at radius 2 is 1.53 bits per heavy atom. The van der Waals surface area contributed by atoms with Gasteiger partial charge in [-0.05, 0) is 11.8 Å². The number of hydrogen-bond acceptors (Lipinski definition) is 4. The van der Waals surface area contributed by atoms with Crippen molar-refractivity contribution < 1.29 is 19.1 Å². The fourth-order valence-corrected chi connectivity index (χ4v) is 1.22. The van der Waals surface area contributed by atoms with Crippen LogP contribution in [-0.2, 0) is 19.1 Å². The number of hydrogen-bond donors (Lipinski definition) is 0. The quantitative estimate of drug-likeness (QED) is 0.386. The maximum atomic E-state index is 11.3. The Balaban J connectivity index is 3.73. The zero-order valence-electron chi connectivity index (χ0n) is 12.5. The molecule has 0 unspecified atom stereocenters. The van der Waals surface area contributed by atoms with E-state index in [0.717, 1.165) is 37.8 Å². The van der Waals surface area contributed by atoms with Crippen LogP contribution in [0, 0.1) is 5.41 Å². The Morgan fingerprint density at radius 3 is 2.05 bits per heavy atom. The molecule has 0 saturated heterocycles. The van der Waals surface area contributed by atoms with Gasteiger partial charge in [0.2, 0.25) is 0 Å². The molecule has 0 aromatic carbocycles. The highest BCUT2D eigenvalue weighted by Crippen LogP contribution is 2.12. The highest BCUT2D eigenvalue weighted by Gasteiger charge is 2.12. The van der Waals surface area contributed by atoms with Crippen molar-refractivity contribution in [3.05, 3.63) is 12.2 Å². The summed E-state index contributed by atoms with van der Waals surface area (Å²) in [6.45, 7) is 8.75. The molecule has 0 aliphatic carbocycles. The normalized spacial score (nSPS) is 11.6. The van der Waals surface area contributed by atoms with E-state index in [1.165, 1.54) is 0 Å². The van der Waals surface area contributed by atoms with Crippen LogP contribution < -0.4 is 0 Å². The van der Waals surface area contributed by atoms with Crippen LogP contribution in [0.4, 0.5) is 0 Å². The minimum absolute atomic E-state index is 0.0801. The molecular weight excluding hydrogens is 244 g/mol. The zero-order valence-corrected chi connectivity index (χ0v) is 12.5. The average Bonchev–Trinajstić information content (AvgIpc) is 2.32. The van der Waals surface area contributed by atoms with Gasteiger partial charge in [-0.25, -0.2) is 9.59 Å². The molecule has 0 amide bonds. The van der Waals surface area contributed by atoms with E-state index in [0.29, 0.717) is 13.2 Å². The molecule has 0 aromatic rings. The topological polar surface area (TPSA) is 52.6 Å². The number of carbonyl (C=O) groups excluding carboxylic acids is 2. The summed E-state index contributed by atoms with van der Waals surface area (Å²) in [7, 11) is 0. The lowest BCUT2D eigenvalue weighted by atomic mass is 9.99. The summed E-state index contributed by atoms with van der Waals surface area (Å²) in [5, 5.41) is 0. The van der Waals surface area contributed by atoms with Gasteiger partial charge < -0.3 is 9.47 Å². The SMILES string of the molecule is CCCCCCOC(=O)/C=C/C(=O)OCC(C)(C)C. The molecule has 0 aromatic heterocycles. The van der Waals surface area contributed by atoms with Crippen molar-refractivity contribution >= 4 is 11.9 Å². The van der Waals surface area contributed by atoms with E-state index < -0.39 is 11.9 Å². The summed E-state index contributed by atoms with van der Waals surface area (Å²) < 4.78 is 9.93. The van der Waals surface area contributed by atoms with Crippen molar-refractivity contribution in [2.45, 2.75) is 53.4 Å². The second kappa shape index (κ2) is 9.59. The fourth-order valence-electron chi connectivity index (χ4n) is 1.22. The molecule has 19 heavy (non-hydrogen) atoms. The van der Waals surface area contributed by atoms with Gasteiger partial charge in [0.15, 0.2) is 0 Å². The summed E-state index contributed by atoms with van der Waals surface area (Å²) in [4.78, 5) is 22.6. The van der Waals surface area contributed by atoms with Gasteiger partial charge in [-0.15, -0.1) is 0 Å². The Morgan fingerprint density at radius 1 is 0.947 bits per heavy atom. The van der Waals surface area contributed by atoms with E-state index in [9.17, 15) is 9.59 Å². The monoisotopic (exact) mass is 270 g/mol. The van der Waals surface area contributed by atoms with Crippen LogP contribution in [0.1, 0.15) is 53.4 Å². The van der Waals surface area contributed by atoms with Gasteiger partial charge in [-0.3, -0.25) is 0 Å². The van der Waals surface area contributed by atoms with E-state index in [4.69, 9.17) is 9.47 Å². The van der Waals surface area contributed by atoms with Gasteiger partial charge in [0.1, 0.15) is 0 Å². The lowest BCUT2D eigenvalue weighted by Crippen LogP contribution is -2.17. The molecule has 0 spiro atoms. The van der Waals surface area contributed by atoms with Gasteiger partial charge in [0.05, 0.1) is 13.2 Å². The minimum atomic E-state index is -0.516. The maximum Gasteiger partial charge on any atom is 0.331 e. The predicted molar refractivity (Wildman–Crippen MR) is 74.7 cm³/mol. The number of unbranched alkanes of at least 4 members (excludes halogenated alkanes) is 3. The van der Waals surface area contributed by atoms with Crippen molar-refractivity contribution in [2.24, 2.45) is 5.41 Å². The van der Waals surface area contributed by atoms with Gasteiger partial charge in [0, 0.05) is 12.2 Å². The molecule has 0 bridgehead atoms. The predicted octanol–water partition coefficient (Wildman–Crippen LogP) is 3.26. The summed E-state index contributed by atoms with van der Waals surface area (Å²) >= 11 is 0. The Kier molecular flexibility index (Phi) is 8.92. The summed E-state index contributed by atoms with van der Waals surface area (Å²) in [6.07, 6.45) is 6.44. The molecule has 0 rings (SSSR count). The van der Waals surface area contributed by atoms with Gasteiger partial charge in [-0.1, -0.05) is 47.0 Å². The number of rotatable bonds is 8. The van der Waals surface area contributed by atoms with Crippen molar-refractivity contribution in [2.75, 3.05) is 13.2 Å². The minimum Gasteiger partial charge on any atom is -0.463 e. The largest absolute Gasteiger partial charge is 0.463 e. The molecule has 0 aliphatic heterocycles. The maximum absolute atomic E-state index is 11.3. The first-order valence-electron chi connectivity index (χ1n) is 6.87. The van der Waals surface area contributed by atoms with Crippen molar-refractivity contribution in [1.29, 1.82) is 0 Å². The summed E-state index contributed by atoms with van der Waals surface area (Å²) in [6, 6.07) is 0. The lowest BCUT2D eigenvalue weighted by Gasteiger charge is -2.16. The molecule has 0 atom stereocenters. The second-order valence-corrected chi connectivity index (χ2v) is 5.73. The molecule has 0 saturated carbocycles. The molecule has 0 fully saturated rings. The third-order valence-corrected chi connectivity index (χ3v) is 2.25. The fraction of sp³-hybridized carbons (Fsp3) is 0.733. The van der Waals surface area contributed by atoms with Crippen LogP contribution in [0.3, 0.4) is 0 Å². The molecule has 0 N–H and O–H groups in total. The van der Waals surface area contributed by atoms with Crippen LogP contribution in [0.5, 0.6) is 0 Å². The van der Waals surface area contributed by atoms with E-state index in [1.807, 2.05) is 20.8 Å². The molecule has 4 nitrogen and oxygen atoms in total. The van der Waals surface area contributed by atoms with Gasteiger partial charge >= 0.3 is 11.9 Å². The molecule has 0 aliphatic rings. The first kappa shape index (κ1) is 17.7. The zero-order chi connectivity index (χ0) is 14.7. The Labute approximate surface area is 116 Å². The second-order valence-electron chi connectivity index (χ2n) is 5.73. The van der Waals surface area contributed by atoms with Crippen molar-refractivity contribution in [1.82, 2.24) is 0 Å². The van der Waals surface area contributed by atoms with E-state index in [-0.39, 0.29) is 5.41 Å². The molecule has 0 radical (unpaired) electrons. The van der Waals surface area contributed by atoms with Crippen LogP contribution >= 0.6 is 0 Å². The van der Waals surface area contributed by atoms with Crippen molar-refractivity contribution in [3.63, 3.8) is 0 Å². The Hall–Kier alpha value is -1.32. The van der Waals surface area contributed by atoms with E-state index in [1.54, 1.807) is 0 Å². The lowest BCUT2D eigenvalue weighted by molar-refractivity contribution is -0.142. The van der Waals surface area contributed by atoms with Crippen molar-refractivity contribution in [3.8, 4) is 0 Å². The highest BCUT2D eigenvalue weighted by atomic mass is 16.5. The molecule has 4 heteroatoms. The Bertz CT molecular complexity index is 300. The number of ether oxygens (including phenoxy) is 2. The van der Waals surface area contributed by atoms with Crippen LogP contribution in [0.2, 0.25) is 0 Å². The summed E-state index contributed by atoms with van der Waals surface area (Å²) in [5.41, 5.74) is -0.0801. The average molecular weight is 270 g/mol. The third-order valence-electron chi connectivity index (χ3n) is 2.25. The highest BCUT2D eigenvalue weighted by molar-refractivity contribution is 5.91. The molecule has 110 valence electrons. The number of esters is 2.